The lowest BCUT2D eigenvalue weighted by Gasteiger charge is -2.39. The molecule has 6 heteroatoms. The van der Waals surface area contributed by atoms with Crippen molar-refractivity contribution < 1.29 is 14.6 Å². The molecule has 32 heavy (non-hydrogen) atoms. The van der Waals surface area contributed by atoms with Crippen LogP contribution in [0.15, 0.2) is 30.5 Å². The van der Waals surface area contributed by atoms with Gasteiger partial charge in [-0.3, -0.25) is 9.78 Å². The van der Waals surface area contributed by atoms with Gasteiger partial charge in [0.15, 0.2) is 0 Å². The van der Waals surface area contributed by atoms with Crippen LogP contribution >= 0.6 is 11.8 Å². The number of benzene rings is 1. The van der Waals surface area contributed by atoms with E-state index in [1.54, 1.807) is 7.11 Å². The Hall–Kier alpha value is -1.79. The Morgan fingerprint density at radius 2 is 2.12 bits per heavy atom. The third-order valence-electron chi connectivity index (χ3n) is 6.66. The number of likely N-dealkylation sites (tertiary alicyclic amines) is 1. The van der Waals surface area contributed by atoms with Crippen LogP contribution in [0.1, 0.15) is 51.0 Å². The first kappa shape index (κ1) is 24.8. The van der Waals surface area contributed by atoms with Gasteiger partial charge in [0.2, 0.25) is 0 Å². The fourth-order valence-corrected chi connectivity index (χ4v) is 5.78. The second-order valence-corrected chi connectivity index (χ2v) is 10.1. The van der Waals surface area contributed by atoms with Crippen molar-refractivity contribution in [2.45, 2.75) is 51.9 Å². The molecule has 3 rings (SSSR count). The Balaban J connectivity index is 1.56. The number of thioether (sulfide) groups is 1. The molecule has 1 aliphatic rings. The molecule has 1 aliphatic heterocycles. The number of pyridine rings is 1. The van der Waals surface area contributed by atoms with Crippen LogP contribution in [-0.4, -0.2) is 59.2 Å². The van der Waals surface area contributed by atoms with Gasteiger partial charge >= 0.3 is 5.97 Å². The Bertz CT molecular complexity index is 860. The van der Waals surface area contributed by atoms with E-state index in [0.29, 0.717) is 11.8 Å². The molecule has 2 heterocycles. The quantitative estimate of drug-likeness (QED) is 0.399. The number of fused-ring (bicyclic) bond motifs is 1. The average Bonchev–Trinajstić information content (AvgIpc) is 2.81. The molecule has 1 aromatic carbocycles. The first-order chi connectivity index (χ1) is 15.6. The van der Waals surface area contributed by atoms with Gasteiger partial charge in [-0.15, -0.1) is 0 Å². The van der Waals surface area contributed by atoms with Crippen LogP contribution in [0.4, 0.5) is 0 Å². The van der Waals surface area contributed by atoms with E-state index in [-0.39, 0.29) is 6.42 Å². The standard InChI is InChI=1S/C26H38N2O3S/c1-3-16-32-17-15-28-14-12-20(22(19-28)7-10-26(29)30)5-4-6-21-11-13-27-25-9-8-23(31-2)18-24(21)25/h8-9,11,13,18,20,22H,3-7,10,12,14-17,19H2,1-2H3,(H,29,30)/t20-,22+/m1/s1. The van der Waals surface area contributed by atoms with Gasteiger partial charge in [-0.1, -0.05) is 6.92 Å². The molecule has 1 aromatic heterocycles. The highest BCUT2D eigenvalue weighted by atomic mass is 32.2. The Morgan fingerprint density at radius 3 is 2.91 bits per heavy atom. The summed E-state index contributed by atoms with van der Waals surface area (Å²) >= 11 is 2.03. The first-order valence-electron chi connectivity index (χ1n) is 12.0. The van der Waals surface area contributed by atoms with Crippen LogP contribution in [0.2, 0.25) is 0 Å². The van der Waals surface area contributed by atoms with Crippen molar-refractivity contribution >= 4 is 28.6 Å². The summed E-state index contributed by atoms with van der Waals surface area (Å²) in [5, 5.41) is 10.4. The van der Waals surface area contributed by atoms with Crippen molar-refractivity contribution in [2.75, 3.05) is 38.2 Å². The van der Waals surface area contributed by atoms with Crippen molar-refractivity contribution in [3.05, 3.63) is 36.0 Å². The van der Waals surface area contributed by atoms with Gasteiger partial charge in [0.1, 0.15) is 5.75 Å². The lowest BCUT2D eigenvalue weighted by Crippen LogP contribution is -2.41. The maximum atomic E-state index is 11.2. The Morgan fingerprint density at radius 1 is 1.25 bits per heavy atom. The maximum absolute atomic E-state index is 11.2. The molecule has 1 saturated heterocycles. The van der Waals surface area contributed by atoms with E-state index in [0.717, 1.165) is 56.6 Å². The van der Waals surface area contributed by atoms with E-state index in [9.17, 15) is 9.90 Å². The van der Waals surface area contributed by atoms with Gasteiger partial charge in [-0.05, 0) is 92.5 Å². The van der Waals surface area contributed by atoms with Crippen molar-refractivity contribution in [3.63, 3.8) is 0 Å². The Labute approximate surface area is 196 Å². The van der Waals surface area contributed by atoms with Gasteiger partial charge in [-0.2, -0.15) is 11.8 Å². The molecule has 176 valence electrons. The van der Waals surface area contributed by atoms with E-state index in [4.69, 9.17) is 4.74 Å². The maximum Gasteiger partial charge on any atom is 0.303 e. The molecule has 0 aliphatic carbocycles. The lowest BCUT2D eigenvalue weighted by molar-refractivity contribution is -0.137. The third kappa shape index (κ3) is 7.38. The number of hydrogen-bond acceptors (Lipinski definition) is 5. The summed E-state index contributed by atoms with van der Waals surface area (Å²) in [6.07, 6.45) is 8.71. The van der Waals surface area contributed by atoms with E-state index >= 15 is 0 Å². The highest BCUT2D eigenvalue weighted by Gasteiger charge is 2.29. The molecule has 0 bridgehead atoms. The van der Waals surface area contributed by atoms with E-state index in [1.165, 1.54) is 35.3 Å². The monoisotopic (exact) mass is 458 g/mol. The molecule has 1 fully saturated rings. The molecule has 5 nitrogen and oxygen atoms in total. The van der Waals surface area contributed by atoms with E-state index in [2.05, 4.69) is 28.9 Å². The minimum absolute atomic E-state index is 0.286. The largest absolute Gasteiger partial charge is 0.497 e. The number of carbonyl (C=O) groups is 1. The molecule has 0 unspecified atom stereocenters. The summed E-state index contributed by atoms with van der Waals surface area (Å²) in [5.41, 5.74) is 2.33. The normalized spacial score (nSPS) is 19.3. The van der Waals surface area contributed by atoms with Crippen molar-refractivity contribution in [1.29, 1.82) is 0 Å². The number of carboxylic acid groups (broad SMARTS) is 1. The van der Waals surface area contributed by atoms with Gasteiger partial charge in [0.25, 0.3) is 0 Å². The fourth-order valence-electron chi connectivity index (χ4n) is 4.90. The summed E-state index contributed by atoms with van der Waals surface area (Å²) in [5.74, 6) is 3.72. The number of piperidine rings is 1. The molecule has 2 atom stereocenters. The number of methoxy groups -OCH3 is 1. The second-order valence-electron chi connectivity index (χ2n) is 8.90. The zero-order valence-corrected chi connectivity index (χ0v) is 20.4. The molecular formula is C26H38N2O3S. The van der Waals surface area contributed by atoms with Gasteiger partial charge in [-0.25, -0.2) is 0 Å². The molecule has 1 N–H and O–H groups in total. The van der Waals surface area contributed by atoms with Crippen LogP contribution in [0.25, 0.3) is 10.9 Å². The summed E-state index contributed by atoms with van der Waals surface area (Å²) in [7, 11) is 1.70. The van der Waals surface area contributed by atoms with E-state index < -0.39 is 5.97 Å². The molecule has 0 spiro atoms. The molecule has 0 radical (unpaired) electrons. The van der Waals surface area contributed by atoms with E-state index in [1.807, 2.05) is 30.1 Å². The number of carboxylic acids is 1. The SMILES string of the molecule is CCCSCCN1CC[C@@H](CCCc2ccnc3ccc(OC)cc23)[C@@H](CCC(=O)O)C1. The number of nitrogens with zero attached hydrogens (tertiary/aromatic N) is 2. The smallest absolute Gasteiger partial charge is 0.303 e. The van der Waals surface area contributed by atoms with Gasteiger partial charge < -0.3 is 14.7 Å². The van der Waals surface area contributed by atoms with Crippen molar-refractivity contribution in [3.8, 4) is 5.75 Å². The minimum Gasteiger partial charge on any atom is -0.497 e. The minimum atomic E-state index is -0.670. The van der Waals surface area contributed by atoms with Crippen LogP contribution in [0.5, 0.6) is 5.75 Å². The number of rotatable bonds is 13. The predicted octanol–water partition coefficient (Wildman–Crippen LogP) is 5.51. The van der Waals surface area contributed by atoms with Crippen LogP contribution < -0.4 is 4.74 Å². The lowest BCUT2D eigenvalue weighted by atomic mass is 9.79. The number of aromatic nitrogens is 1. The van der Waals surface area contributed by atoms with Crippen LogP contribution in [0.3, 0.4) is 0 Å². The molecule has 0 amide bonds. The summed E-state index contributed by atoms with van der Waals surface area (Å²) < 4.78 is 5.41. The molecular weight excluding hydrogens is 420 g/mol. The first-order valence-corrected chi connectivity index (χ1v) is 13.2. The van der Waals surface area contributed by atoms with Crippen LogP contribution in [-0.2, 0) is 11.2 Å². The third-order valence-corrected chi connectivity index (χ3v) is 7.83. The topological polar surface area (TPSA) is 62.7 Å². The number of hydrogen-bond donors (Lipinski definition) is 1. The zero-order chi connectivity index (χ0) is 22.8. The summed E-state index contributed by atoms with van der Waals surface area (Å²) in [4.78, 5) is 18.3. The predicted molar refractivity (Wildman–Crippen MR) is 134 cm³/mol. The highest BCUT2D eigenvalue weighted by molar-refractivity contribution is 7.99. The number of aliphatic carboxylic acids is 1. The van der Waals surface area contributed by atoms with Crippen molar-refractivity contribution in [1.82, 2.24) is 9.88 Å². The van der Waals surface area contributed by atoms with Crippen molar-refractivity contribution in [2.24, 2.45) is 11.8 Å². The fraction of sp³-hybridized carbons (Fsp3) is 0.615. The molecule has 2 aromatic rings. The second kappa shape index (κ2) is 13.0. The summed E-state index contributed by atoms with van der Waals surface area (Å²) in [6, 6.07) is 8.19. The highest BCUT2D eigenvalue weighted by Crippen LogP contribution is 2.32. The van der Waals surface area contributed by atoms with Gasteiger partial charge in [0.05, 0.1) is 12.6 Å². The molecule has 0 saturated carbocycles. The Kier molecular flexibility index (Phi) is 10.1. The number of ether oxygens (including phenoxy) is 1. The zero-order valence-electron chi connectivity index (χ0n) is 19.6. The summed E-state index contributed by atoms with van der Waals surface area (Å²) in [6.45, 7) is 5.56. The number of aryl methyl sites for hydroxylation is 1. The average molecular weight is 459 g/mol. The van der Waals surface area contributed by atoms with Crippen LogP contribution in [0, 0.1) is 11.8 Å². The van der Waals surface area contributed by atoms with Gasteiger partial charge in [0, 0.05) is 36.8 Å².